The minimum atomic E-state index is 0.161. The highest BCUT2D eigenvalue weighted by Crippen LogP contribution is 2.29. The molecule has 4 nitrogen and oxygen atoms in total. The Morgan fingerprint density at radius 1 is 1.41 bits per heavy atom. The highest BCUT2D eigenvalue weighted by molar-refractivity contribution is 5.34. The molecular weight excluding hydrogens is 276 g/mol. The van der Waals surface area contributed by atoms with Crippen molar-refractivity contribution < 1.29 is 9.47 Å². The zero-order valence-electron chi connectivity index (χ0n) is 13.2. The molecule has 0 spiro atoms. The lowest BCUT2D eigenvalue weighted by molar-refractivity contribution is -0.0790. The molecule has 1 saturated heterocycles. The fraction of sp³-hybridized carbons (Fsp3) is 0.611. The predicted molar refractivity (Wildman–Crippen MR) is 84.4 cm³/mol. The summed E-state index contributed by atoms with van der Waals surface area (Å²) >= 11 is 0. The topological polar surface area (TPSA) is 45.5 Å². The van der Waals surface area contributed by atoms with Crippen LogP contribution in [0.5, 0.6) is 0 Å². The normalized spacial score (nSPS) is 23.9. The van der Waals surface area contributed by atoms with Crippen LogP contribution in [0, 0.1) is 17.2 Å². The van der Waals surface area contributed by atoms with E-state index in [2.05, 4.69) is 24.0 Å². The summed E-state index contributed by atoms with van der Waals surface area (Å²) in [5.74, 6) is 0.798. The second kappa shape index (κ2) is 7.23. The van der Waals surface area contributed by atoms with Crippen molar-refractivity contribution in [2.75, 3.05) is 32.9 Å². The number of ether oxygens (including phenoxy) is 2. The van der Waals surface area contributed by atoms with E-state index in [-0.39, 0.29) is 6.10 Å². The Morgan fingerprint density at radius 2 is 2.27 bits per heavy atom. The number of nitriles is 1. The van der Waals surface area contributed by atoms with E-state index in [9.17, 15) is 0 Å². The van der Waals surface area contributed by atoms with Gasteiger partial charge in [0.2, 0.25) is 0 Å². The van der Waals surface area contributed by atoms with Gasteiger partial charge in [-0.2, -0.15) is 5.26 Å². The Labute approximate surface area is 132 Å². The number of hydrogen-bond donors (Lipinski definition) is 0. The van der Waals surface area contributed by atoms with Crippen LogP contribution in [0.2, 0.25) is 0 Å². The van der Waals surface area contributed by atoms with Crippen molar-refractivity contribution in [1.82, 2.24) is 4.90 Å². The maximum absolute atomic E-state index is 9.04. The van der Waals surface area contributed by atoms with E-state index in [1.807, 2.05) is 18.2 Å². The van der Waals surface area contributed by atoms with Crippen LogP contribution in [0.1, 0.15) is 36.9 Å². The van der Waals surface area contributed by atoms with Crippen molar-refractivity contribution in [2.45, 2.75) is 31.9 Å². The first-order valence-corrected chi connectivity index (χ1v) is 8.19. The fourth-order valence-corrected chi connectivity index (χ4v) is 2.92. The first kappa shape index (κ1) is 15.5. The highest BCUT2D eigenvalue weighted by atomic mass is 16.5. The zero-order valence-corrected chi connectivity index (χ0v) is 13.2. The van der Waals surface area contributed by atoms with Crippen LogP contribution in [0.15, 0.2) is 24.3 Å². The van der Waals surface area contributed by atoms with Crippen LogP contribution in [-0.2, 0) is 9.47 Å². The Bertz CT molecular complexity index is 536. The molecule has 0 amide bonds. The number of hydrogen-bond acceptors (Lipinski definition) is 4. The van der Waals surface area contributed by atoms with Crippen molar-refractivity contribution in [3.8, 4) is 6.07 Å². The van der Waals surface area contributed by atoms with E-state index < -0.39 is 0 Å². The van der Waals surface area contributed by atoms with E-state index in [4.69, 9.17) is 14.7 Å². The quantitative estimate of drug-likeness (QED) is 0.810. The lowest BCUT2D eigenvalue weighted by atomic mass is 10.0. The molecule has 1 heterocycles. The first-order chi connectivity index (χ1) is 10.8. The summed E-state index contributed by atoms with van der Waals surface area (Å²) in [6.07, 6.45) is 2.81. The molecule has 118 valence electrons. The molecule has 0 N–H and O–H groups in total. The van der Waals surface area contributed by atoms with E-state index in [1.165, 1.54) is 18.4 Å². The first-order valence-electron chi connectivity index (χ1n) is 8.19. The van der Waals surface area contributed by atoms with Crippen molar-refractivity contribution >= 4 is 0 Å². The molecule has 1 aliphatic heterocycles. The molecule has 2 aliphatic rings. The number of rotatable bonds is 6. The average molecular weight is 300 g/mol. The van der Waals surface area contributed by atoms with Gasteiger partial charge < -0.3 is 9.47 Å². The van der Waals surface area contributed by atoms with Crippen LogP contribution in [0.25, 0.3) is 0 Å². The molecule has 1 aromatic carbocycles. The molecule has 0 radical (unpaired) electrons. The summed E-state index contributed by atoms with van der Waals surface area (Å²) in [5.41, 5.74) is 1.92. The van der Waals surface area contributed by atoms with Crippen molar-refractivity contribution in [1.29, 1.82) is 5.26 Å². The third-order valence-corrected chi connectivity index (χ3v) is 4.57. The largest absolute Gasteiger partial charge is 0.378 e. The SMILES string of the molecule is C[C@H](c1cccc(C#N)c1)N1CCO[C@H](COCC2CC2)C1. The third kappa shape index (κ3) is 4.07. The predicted octanol–water partition coefficient (Wildman–Crippen LogP) is 2.75. The zero-order chi connectivity index (χ0) is 15.4. The minimum absolute atomic E-state index is 0.161. The van der Waals surface area contributed by atoms with Gasteiger partial charge in [-0.25, -0.2) is 0 Å². The molecule has 4 heteroatoms. The molecule has 2 fully saturated rings. The number of morpholine rings is 1. The molecule has 1 aliphatic carbocycles. The van der Waals surface area contributed by atoms with Gasteiger partial charge in [0.1, 0.15) is 0 Å². The summed E-state index contributed by atoms with van der Waals surface area (Å²) in [4.78, 5) is 2.42. The van der Waals surface area contributed by atoms with Crippen LogP contribution >= 0.6 is 0 Å². The summed E-state index contributed by atoms with van der Waals surface area (Å²) in [6.45, 7) is 6.35. The second-order valence-electron chi connectivity index (χ2n) is 6.38. The van der Waals surface area contributed by atoms with Gasteiger partial charge in [-0.05, 0) is 43.4 Å². The summed E-state index contributed by atoms with van der Waals surface area (Å²) in [7, 11) is 0. The van der Waals surface area contributed by atoms with Gasteiger partial charge in [0.15, 0.2) is 0 Å². The minimum Gasteiger partial charge on any atom is -0.378 e. The molecular formula is C18H24N2O2. The molecule has 1 saturated carbocycles. The summed E-state index contributed by atoms with van der Waals surface area (Å²) < 4.78 is 11.6. The van der Waals surface area contributed by atoms with Crippen molar-refractivity contribution in [2.24, 2.45) is 5.92 Å². The second-order valence-corrected chi connectivity index (χ2v) is 6.38. The van der Waals surface area contributed by atoms with Gasteiger partial charge in [0.05, 0.1) is 31.0 Å². The Morgan fingerprint density at radius 3 is 3.05 bits per heavy atom. The van der Waals surface area contributed by atoms with Crippen LogP contribution < -0.4 is 0 Å². The van der Waals surface area contributed by atoms with Gasteiger partial charge in [-0.3, -0.25) is 4.90 Å². The molecule has 22 heavy (non-hydrogen) atoms. The van der Waals surface area contributed by atoms with E-state index >= 15 is 0 Å². The lowest BCUT2D eigenvalue weighted by Crippen LogP contribution is -2.45. The Kier molecular flexibility index (Phi) is 5.09. The van der Waals surface area contributed by atoms with Gasteiger partial charge in [-0.1, -0.05) is 12.1 Å². The van der Waals surface area contributed by atoms with Gasteiger partial charge in [0, 0.05) is 25.7 Å². The Hall–Kier alpha value is -1.41. The average Bonchev–Trinajstić information content (AvgIpc) is 3.39. The Balaban J connectivity index is 1.54. The van der Waals surface area contributed by atoms with Gasteiger partial charge >= 0.3 is 0 Å². The molecule has 0 unspecified atom stereocenters. The third-order valence-electron chi connectivity index (χ3n) is 4.57. The molecule has 2 atom stereocenters. The molecule has 1 aromatic rings. The van der Waals surface area contributed by atoms with E-state index in [1.54, 1.807) is 0 Å². The van der Waals surface area contributed by atoms with E-state index in [0.29, 0.717) is 12.6 Å². The number of benzene rings is 1. The van der Waals surface area contributed by atoms with Crippen LogP contribution in [0.4, 0.5) is 0 Å². The molecule has 3 rings (SSSR count). The van der Waals surface area contributed by atoms with Gasteiger partial charge in [-0.15, -0.1) is 0 Å². The smallest absolute Gasteiger partial charge is 0.0991 e. The van der Waals surface area contributed by atoms with Crippen LogP contribution in [-0.4, -0.2) is 43.9 Å². The molecule has 0 aromatic heterocycles. The van der Waals surface area contributed by atoms with Crippen molar-refractivity contribution in [3.63, 3.8) is 0 Å². The monoisotopic (exact) mass is 300 g/mol. The fourth-order valence-electron chi connectivity index (χ4n) is 2.92. The lowest BCUT2D eigenvalue weighted by Gasteiger charge is -2.37. The maximum Gasteiger partial charge on any atom is 0.0991 e. The summed E-state index contributed by atoms with van der Waals surface area (Å²) in [5, 5.41) is 9.04. The highest BCUT2D eigenvalue weighted by Gasteiger charge is 2.26. The maximum atomic E-state index is 9.04. The molecule has 0 bridgehead atoms. The van der Waals surface area contributed by atoms with Crippen LogP contribution in [0.3, 0.4) is 0 Å². The van der Waals surface area contributed by atoms with E-state index in [0.717, 1.165) is 37.8 Å². The van der Waals surface area contributed by atoms with Gasteiger partial charge in [0.25, 0.3) is 0 Å². The summed E-state index contributed by atoms with van der Waals surface area (Å²) in [6, 6.07) is 10.4. The van der Waals surface area contributed by atoms with Crippen molar-refractivity contribution in [3.05, 3.63) is 35.4 Å². The number of nitrogens with zero attached hydrogens (tertiary/aromatic N) is 2. The standard InChI is InChI=1S/C18H24N2O2/c1-14(17-4-2-3-16(9-17)10-19)20-7-8-22-18(11-20)13-21-12-15-5-6-15/h2-4,9,14-15,18H,5-8,11-13H2,1H3/t14-,18+/m1/s1.